The van der Waals surface area contributed by atoms with Gasteiger partial charge in [0.1, 0.15) is 29.4 Å². The van der Waals surface area contributed by atoms with Gasteiger partial charge in [-0.25, -0.2) is 17.6 Å². The number of alkyl halides is 1. The van der Waals surface area contributed by atoms with E-state index in [1.807, 2.05) is 4.90 Å². The third-order valence-corrected chi connectivity index (χ3v) is 8.51. The number of piperidine rings is 1. The highest BCUT2D eigenvalue weighted by molar-refractivity contribution is 7.99. The summed E-state index contributed by atoms with van der Waals surface area (Å²) >= 11 is 0.942. The van der Waals surface area contributed by atoms with Gasteiger partial charge in [-0.1, -0.05) is 0 Å². The Labute approximate surface area is 228 Å². The summed E-state index contributed by atoms with van der Waals surface area (Å²) in [6, 6.07) is 6.36. The number of rotatable bonds is 11. The van der Waals surface area contributed by atoms with Crippen LogP contribution in [0.2, 0.25) is 0 Å². The van der Waals surface area contributed by atoms with E-state index >= 15 is 4.39 Å². The molecule has 0 bridgehead atoms. The van der Waals surface area contributed by atoms with Crippen LogP contribution >= 0.6 is 11.8 Å². The van der Waals surface area contributed by atoms with Gasteiger partial charge in [-0.05, 0) is 57.0 Å². The van der Waals surface area contributed by atoms with Crippen LogP contribution in [0.4, 0.5) is 17.6 Å². The predicted octanol–water partition coefficient (Wildman–Crippen LogP) is 5.90. The largest absolute Gasteiger partial charge is 0.497 e. The van der Waals surface area contributed by atoms with Gasteiger partial charge in [0.2, 0.25) is 0 Å². The Morgan fingerprint density at radius 3 is 2.49 bits per heavy atom. The van der Waals surface area contributed by atoms with Gasteiger partial charge in [-0.2, -0.15) is 0 Å². The molecular formula is C28H30F4N2O4S. The number of likely N-dealkylation sites (tertiary alicyclic amines) is 1. The van der Waals surface area contributed by atoms with Crippen molar-refractivity contribution in [3.05, 3.63) is 65.1 Å². The number of ether oxygens (including phenoxy) is 1. The first kappa shape index (κ1) is 29.1. The van der Waals surface area contributed by atoms with E-state index in [9.17, 15) is 28.2 Å². The molecule has 4 rings (SSSR count). The summed E-state index contributed by atoms with van der Waals surface area (Å²) in [5.74, 6) is -3.00. The fraction of sp³-hybridized carbons (Fsp3) is 0.429. The molecule has 1 atom stereocenters. The number of aromatic nitrogens is 1. The van der Waals surface area contributed by atoms with Gasteiger partial charge in [0, 0.05) is 47.1 Å². The lowest BCUT2D eigenvalue weighted by molar-refractivity contribution is -0.153. The van der Waals surface area contributed by atoms with Crippen molar-refractivity contribution in [1.82, 2.24) is 9.88 Å². The molecule has 6 nitrogen and oxygen atoms in total. The van der Waals surface area contributed by atoms with Crippen molar-refractivity contribution >= 4 is 28.6 Å². The van der Waals surface area contributed by atoms with E-state index in [4.69, 9.17) is 4.74 Å². The second kappa shape index (κ2) is 12.5. The quantitative estimate of drug-likeness (QED) is 0.221. The summed E-state index contributed by atoms with van der Waals surface area (Å²) in [7, 11) is 1.50. The number of aliphatic carboxylic acids is 1. The average molecular weight is 567 g/mol. The fourth-order valence-electron chi connectivity index (χ4n) is 5.12. The maximum absolute atomic E-state index is 15.8. The number of thioether (sulfide) groups is 1. The van der Waals surface area contributed by atoms with Gasteiger partial charge in [-0.3, -0.25) is 9.78 Å². The number of halogens is 4. The van der Waals surface area contributed by atoms with Gasteiger partial charge in [0.25, 0.3) is 0 Å². The maximum atomic E-state index is 15.8. The standard InChI is InChI=1S/C28H30F4N2O4S/c1-38-19-2-3-24-20(14-19)25(17(16-35)15-33-24)21(30)4-5-28(27(36)37)6-8-34(9-7-28)10-11-39-26-22(31)12-18(29)13-23(26)32/h2-3,12-15,21,35H,4-11,16H2,1H3,(H,36,37)/t21-/m0/s1. The molecule has 0 aliphatic carbocycles. The molecule has 1 aliphatic rings. The molecule has 0 radical (unpaired) electrons. The minimum absolute atomic E-state index is 0.0470. The van der Waals surface area contributed by atoms with Crippen LogP contribution in [-0.2, 0) is 11.4 Å². The number of benzene rings is 2. The SMILES string of the molecule is COc1ccc2ncc(CO)c([C@@H](F)CCC3(C(=O)O)CCN(CCSc4c(F)cc(F)cc4F)CC3)c2c1. The van der Waals surface area contributed by atoms with Crippen LogP contribution in [0.5, 0.6) is 5.75 Å². The molecule has 0 saturated carbocycles. The topological polar surface area (TPSA) is 82.9 Å². The first-order valence-corrected chi connectivity index (χ1v) is 13.6. The number of aliphatic hydroxyl groups excluding tert-OH is 1. The zero-order valence-electron chi connectivity index (χ0n) is 21.4. The molecule has 0 spiro atoms. The third-order valence-electron chi connectivity index (χ3n) is 7.44. The molecule has 1 fully saturated rings. The van der Waals surface area contributed by atoms with Crippen LogP contribution in [-0.4, -0.2) is 58.6 Å². The van der Waals surface area contributed by atoms with Crippen molar-refractivity contribution in [3.8, 4) is 5.75 Å². The van der Waals surface area contributed by atoms with Crippen LogP contribution < -0.4 is 4.74 Å². The van der Waals surface area contributed by atoms with Crippen LogP contribution in [0.3, 0.4) is 0 Å². The van der Waals surface area contributed by atoms with Crippen molar-refractivity contribution in [2.75, 3.05) is 32.5 Å². The number of carboxylic acids is 1. The summed E-state index contributed by atoms with van der Waals surface area (Å²) < 4.78 is 61.9. The first-order chi connectivity index (χ1) is 18.7. The van der Waals surface area contributed by atoms with Gasteiger partial charge in [-0.15, -0.1) is 11.8 Å². The smallest absolute Gasteiger partial charge is 0.309 e. The molecular weight excluding hydrogens is 536 g/mol. The highest BCUT2D eigenvalue weighted by Gasteiger charge is 2.41. The highest BCUT2D eigenvalue weighted by atomic mass is 32.2. The lowest BCUT2D eigenvalue weighted by atomic mass is 9.74. The van der Waals surface area contributed by atoms with Gasteiger partial charge < -0.3 is 19.8 Å². The van der Waals surface area contributed by atoms with E-state index in [-0.39, 0.29) is 23.3 Å². The summed E-state index contributed by atoms with van der Waals surface area (Å²) in [5, 5.41) is 20.4. The Kier molecular flexibility index (Phi) is 9.35. The number of pyridine rings is 1. The summed E-state index contributed by atoms with van der Waals surface area (Å²) in [6.45, 7) is 0.941. The molecule has 11 heteroatoms. The molecule has 0 amide bonds. The maximum Gasteiger partial charge on any atom is 0.309 e. The van der Waals surface area contributed by atoms with E-state index in [2.05, 4.69) is 4.98 Å². The molecule has 0 unspecified atom stereocenters. The summed E-state index contributed by atoms with van der Waals surface area (Å²) in [5.41, 5.74) is 0.0686. The van der Waals surface area contributed by atoms with E-state index in [1.54, 1.807) is 18.2 Å². The highest BCUT2D eigenvalue weighted by Crippen LogP contribution is 2.41. The zero-order chi connectivity index (χ0) is 28.2. The van der Waals surface area contributed by atoms with Crippen LogP contribution in [0.15, 0.2) is 41.4 Å². The second-order valence-corrected chi connectivity index (χ2v) is 10.8. The number of carboxylic acid groups (broad SMARTS) is 1. The minimum Gasteiger partial charge on any atom is -0.497 e. The Morgan fingerprint density at radius 2 is 1.87 bits per heavy atom. The summed E-state index contributed by atoms with van der Waals surface area (Å²) in [4.78, 5) is 18.4. The first-order valence-electron chi connectivity index (χ1n) is 12.6. The average Bonchev–Trinajstić information content (AvgIpc) is 2.92. The Balaban J connectivity index is 1.39. The Bertz CT molecular complexity index is 1310. The predicted molar refractivity (Wildman–Crippen MR) is 140 cm³/mol. The number of hydrogen-bond donors (Lipinski definition) is 2. The van der Waals surface area contributed by atoms with Crippen molar-refractivity contribution in [2.24, 2.45) is 5.41 Å². The van der Waals surface area contributed by atoms with E-state index in [0.717, 1.165) is 11.8 Å². The Morgan fingerprint density at radius 1 is 1.18 bits per heavy atom. The molecule has 2 aromatic carbocycles. The van der Waals surface area contributed by atoms with Crippen molar-refractivity contribution in [2.45, 2.75) is 43.4 Å². The molecule has 2 heterocycles. The van der Waals surface area contributed by atoms with E-state index in [1.165, 1.54) is 13.3 Å². The lowest BCUT2D eigenvalue weighted by Gasteiger charge is -2.39. The monoisotopic (exact) mass is 566 g/mol. The zero-order valence-corrected chi connectivity index (χ0v) is 22.2. The lowest BCUT2D eigenvalue weighted by Crippen LogP contribution is -2.45. The van der Waals surface area contributed by atoms with Gasteiger partial charge in [0.15, 0.2) is 0 Å². The van der Waals surface area contributed by atoms with Crippen molar-refractivity contribution < 1.29 is 37.3 Å². The minimum atomic E-state index is -1.52. The summed E-state index contributed by atoms with van der Waals surface area (Å²) in [6.07, 6.45) is 0.582. The number of hydrogen-bond acceptors (Lipinski definition) is 6. The fourth-order valence-corrected chi connectivity index (χ4v) is 6.07. The molecule has 2 N–H and O–H groups in total. The molecule has 1 aliphatic heterocycles. The van der Waals surface area contributed by atoms with E-state index < -0.39 is 41.6 Å². The molecule has 1 aromatic heterocycles. The van der Waals surface area contributed by atoms with Gasteiger partial charge >= 0.3 is 5.97 Å². The number of nitrogens with zero attached hydrogens (tertiary/aromatic N) is 2. The number of aliphatic hydroxyl groups is 1. The third kappa shape index (κ3) is 6.47. The number of methoxy groups -OCH3 is 1. The van der Waals surface area contributed by atoms with E-state index in [0.29, 0.717) is 72.6 Å². The van der Waals surface area contributed by atoms with Crippen LogP contribution in [0.25, 0.3) is 10.9 Å². The van der Waals surface area contributed by atoms with Crippen LogP contribution in [0.1, 0.15) is 43.0 Å². The number of fused-ring (bicyclic) bond motifs is 1. The molecule has 1 saturated heterocycles. The second-order valence-electron chi connectivity index (χ2n) is 9.72. The van der Waals surface area contributed by atoms with Gasteiger partial charge in [0.05, 0.1) is 29.5 Å². The van der Waals surface area contributed by atoms with Crippen molar-refractivity contribution in [1.29, 1.82) is 0 Å². The Hall–Kier alpha value is -2.89. The van der Waals surface area contributed by atoms with Crippen molar-refractivity contribution in [3.63, 3.8) is 0 Å². The molecule has 210 valence electrons. The number of carbonyl (C=O) groups is 1. The normalized spacial score (nSPS) is 16.4. The molecule has 3 aromatic rings. The van der Waals surface area contributed by atoms with Crippen LogP contribution in [0, 0.1) is 22.9 Å². The molecule has 39 heavy (non-hydrogen) atoms.